The number of halogens is 3. The van der Waals surface area contributed by atoms with Gasteiger partial charge in [-0.1, -0.05) is 33.1 Å². The maximum absolute atomic E-state index is 11.8. The Balaban J connectivity index is 3.41. The van der Waals surface area contributed by atoms with E-state index < -0.39 is 5.51 Å². The predicted octanol–water partition coefficient (Wildman–Crippen LogP) is 4.05. The van der Waals surface area contributed by atoms with Crippen molar-refractivity contribution >= 4 is 11.8 Å². The number of alkyl halides is 3. The van der Waals surface area contributed by atoms with Crippen LogP contribution in [0.4, 0.5) is 13.2 Å². The summed E-state index contributed by atoms with van der Waals surface area (Å²) in [6.45, 7) is 5.56. The lowest BCUT2D eigenvalue weighted by Crippen LogP contribution is -2.25. The normalized spacial score (nSPS) is 14.1. The molecule has 0 spiro atoms. The molecule has 1 unspecified atom stereocenters. The first-order chi connectivity index (χ1) is 7.49. The monoisotopic (exact) mass is 257 g/mol. The molecule has 0 aliphatic carbocycles. The average molecular weight is 257 g/mol. The first kappa shape index (κ1) is 16.1. The van der Waals surface area contributed by atoms with Gasteiger partial charge in [-0.25, -0.2) is 0 Å². The Hall–Kier alpha value is 0.100. The molecule has 0 aliphatic rings. The average Bonchev–Trinajstić information content (AvgIpc) is 2.20. The van der Waals surface area contributed by atoms with E-state index in [-0.39, 0.29) is 17.5 Å². The highest BCUT2D eigenvalue weighted by Gasteiger charge is 2.27. The smallest absolute Gasteiger partial charge is 0.316 e. The second kappa shape index (κ2) is 9.16. The van der Waals surface area contributed by atoms with Crippen LogP contribution in [0.2, 0.25) is 0 Å². The van der Waals surface area contributed by atoms with Crippen molar-refractivity contribution in [3.8, 4) is 0 Å². The van der Waals surface area contributed by atoms with Crippen LogP contribution in [-0.4, -0.2) is 24.4 Å². The molecule has 0 heterocycles. The van der Waals surface area contributed by atoms with Crippen LogP contribution in [0.5, 0.6) is 0 Å². The Morgan fingerprint density at radius 3 is 2.44 bits per heavy atom. The summed E-state index contributed by atoms with van der Waals surface area (Å²) in [5, 5.41) is 3.10. The molecule has 0 aliphatic heterocycles. The third-order valence-electron chi connectivity index (χ3n) is 2.52. The summed E-state index contributed by atoms with van der Waals surface area (Å²) in [6, 6.07) is 0. The maximum atomic E-state index is 11.8. The van der Waals surface area contributed by atoms with E-state index in [0.29, 0.717) is 12.5 Å². The first-order valence-corrected chi connectivity index (χ1v) is 6.89. The SMILES string of the molecule is CCCCC(CC)CNCCSC(F)(F)F. The maximum Gasteiger partial charge on any atom is 0.441 e. The topological polar surface area (TPSA) is 12.0 Å². The second-order valence-corrected chi connectivity index (χ2v) is 5.07. The van der Waals surface area contributed by atoms with E-state index in [2.05, 4.69) is 19.2 Å². The summed E-state index contributed by atoms with van der Waals surface area (Å²) in [7, 11) is 0. The zero-order valence-electron chi connectivity index (χ0n) is 10.1. The summed E-state index contributed by atoms with van der Waals surface area (Å²) in [4.78, 5) is 0. The van der Waals surface area contributed by atoms with Crippen LogP contribution in [0.1, 0.15) is 39.5 Å². The Morgan fingerprint density at radius 2 is 1.94 bits per heavy atom. The highest BCUT2D eigenvalue weighted by Crippen LogP contribution is 2.29. The van der Waals surface area contributed by atoms with Gasteiger partial charge in [-0.05, 0) is 30.6 Å². The van der Waals surface area contributed by atoms with Crippen LogP contribution in [0, 0.1) is 5.92 Å². The highest BCUT2D eigenvalue weighted by molar-refractivity contribution is 8.00. The molecular weight excluding hydrogens is 235 g/mol. The van der Waals surface area contributed by atoms with E-state index in [9.17, 15) is 13.2 Å². The number of rotatable bonds is 9. The lowest BCUT2D eigenvalue weighted by molar-refractivity contribution is -0.0327. The number of nitrogens with one attached hydrogen (secondary N) is 1. The van der Waals surface area contributed by atoms with Crippen LogP contribution in [-0.2, 0) is 0 Å². The summed E-state index contributed by atoms with van der Waals surface area (Å²) in [5.74, 6) is 0.712. The standard InChI is InChI=1S/C11H22F3NS/c1-3-5-6-10(4-2)9-15-7-8-16-11(12,13)14/h10,15H,3-9H2,1-2H3. The lowest BCUT2D eigenvalue weighted by Gasteiger charge is -2.15. The van der Waals surface area contributed by atoms with Gasteiger partial charge in [0, 0.05) is 12.3 Å². The minimum Gasteiger partial charge on any atom is -0.316 e. The van der Waals surface area contributed by atoms with Gasteiger partial charge >= 0.3 is 5.51 Å². The molecule has 1 nitrogen and oxygen atoms in total. The van der Waals surface area contributed by atoms with Crippen LogP contribution >= 0.6 is 11.8 Å². The zero-order chi connectivity index (χ0) is 12.4. The molecule has 0 bridgehead atoms. The molecule has 0 saturated heterocycles. The van der Waals surface area contributed by atoms with Crippen LogP contribution in [0.25, 0.3) is 0 Å². The quantitative estimate of drug-likeness (QED) is 0.625. The minimum atomic E-state index is -4.09. The van der Waals surface area contributed by atoms with Crippen molar-refractivity contribution in [1.29, 1.82) is 0 Å². The van der Waals surface area contributed by atoms with Crippen molar-refractivity contribution in [2.75, 3.05) is 18.8 Å². The molecule has 0 radical (unpaired) electrons. The molecule has 16 heavy (non-hydrogen) atoms. The van der Waals surface area contributed by atoms with Crippen molar-refractivity contribution in [2.24, 2.45) is 5.92 Å². The molecule has 0 aromatic heterocycles. The molecular formula is C11H22F3NS. The molecule has 1 N–H and O–H groups in total. The van der Waals surface area contributed by atoms with Crippen molar-refractivity contribution in [3.05, 3.63) is 0 Å². The highest BCUT2D eigenvalue weighted by atomic mass is 32.2. The molecule has 0 rings (SSSR count). The van der Waals surface area contributed by atoms with Crippen molar-refractivity contribution in [3.63, 3.8) is 0 Å². The number of unbranched alkanes of at least 4 members (excludes halogenated alkanes) is 1. The molecule has 98 valence electrons. The Morgan fingerprint density at radius 1 is 1.25 bits per heavy atom. The Kier molecular flexibility index (Phi) is 9.22. The number of hydrogen-bond acceptors (Lipinski definition) is 2. The molecule has 0 fully saturated rings. The fourth-order valence-electron chi connectivity index (χ4n) is 1.49. The van der Waals surface area contributed by atoms with Crippen LogP contribution in [0.15, 0.2) is 0 Å². The third-order valence-corrected chi connectivity index (χ3v) is 3.26. The van der Waals surface area contributed by atoms with Crippen LogP contribution < -0.4 is 5.32 Å². The second-order valence-electron chi connectivity index (χ2n) is 3.91. The third kappa shape index (κ3) is 10.6. The summed E-state index contributed by atoms with van der Waals surface area (Å²) in [6.07, 6.45) is 4.66. The van der Waals surface area contributed by atoms with Gasteiger partial charge in [0.1, 0.15) is 0 Å². The lowest BCUT2D eigenvalue weighted by atomic mass is 9.99. The van der Waals surface area contributed by atoms with E-state index in [1.807, 2.05) is 0 Å². The Labute approximate surface area is 101 Å². The van der Waals surface area contributed by atoms with Gasteiger partial charge in [-0.3, -0.25) is 0 Å². The molecule has 5 heteroatoms. The molecule has 0 aromatic carbocycles. The summed E-state index contributed by atoms with van der Waals surface area (Å²) < 4.78 is 35.4. The first-order valence-electron chi connectivity index (χ1n) is 5.91. The molecule has 0 amide bonds. The fraction of sp³-hybridized carbons (Fsp3) is 1.00. The summed E-state index contributed by atoms with van der Waals surface area (Å²) in [5.41, 5.74) is -4.09. The molecule has 0 aromatic rings. The van der Waals surface area contributed by atoms with Crippen molar-refractivity contribution < 1.29 is 13.2 Å². The van der Waals surface area contributed by atoms with E-state index in [1.54, 1.807) is 0 Å². The van der Waals surface area contributed by atoms with Crippen molar-refractivity contribution in [1.82, 2.24) is 5.32 Å². The summed E-state index contributed by atoms with van der Waals surface area (Å²) >= 11 is 0.0482. The van der Waals surface area contributed by atoms with Gasteiger partial charge in [0.2, 0.25) is 0 Å². The van der Waals surface area contributed by atoms with Crippen LogP contribution in [0.3, 0.4) is 0 Å². The molecule has 0 saturated carbocycles. The van der Waals surface area contributed by atoms with Gasteiger partial charge in [0.25, 0.3) is 0 Å². The predicted molar refractivity (Wildman–Crippen MR) is 64.7 cm³/mol. The van der Waals surface area contributed by atoms with E-state index in [1.165, 1.54) is 19.3 Å². The molecule has 1 atom stereocenters. The van der Waals surface area contributed by atoms with Gasteiger partial charge < -0.3 is 5.32 Å². The van der Waals surface area contributed by atoms with E-state index in [4.69, 9.17) is 0 Å². The van der Waals surface area contributed by atoms with E-state index >= 15 is 0 Å². The van der Waals surface area contributed by atoms with Gasteiger partial charge in [-0.2, -0.15) is 13.2 Å². The van der Waals surface area contributed by atoms with Crippen molar-refractivity contribution in [2.45, 2.75) is 45.0 Å². The van der Waals surface area contributed by atoms with Gasteiger partial charge in [-0.15, -0.1) is 0 Å². The number of thioether (sulfide) groups is 1. The minimum absolute atomic E-state index is 0.0482. The zero-order valence-corrected chi connectivity index (χ0v) is 10.9. The van der Waals surface area contributed by atoms with Gasteiger partial charge in [0.05, 0.1) is 0 Å². The largest absolute Gasteiger partial charge is 0.441 e. The number of hydrogen-bond donors (Lipinski definition) is 1. The Bertz CT molecular complexity index is 162. The van der Waals surface area contributed by atoms with Gasteiger partial charge in [0.15, 0.2) is 0 Å². The fourth-order valence-corrected chi connectivity index (χ4v) is 1.97. The van der Waals surface area contributed by atoms with E-state index in [0.717, 1.165) is 13.0 Å².